The third kappa shape index (κ3) is 4.15. The molecule has 112 valence electrons. The molecule has 4 heteroatoms. The average molecular weight is 270 g/mol. The molecule has 2 heterocycles. The fraction of sp³-hybridized carbons (Fsp3) is 1.00. The Bertz CT molecular complexity index is 261. The van der Waals surface area contributed by atoms with E-state index in [1.165, 1.54) is 38.6 Å². The molecule has 19 heavy (non-hydrogen) atoms. The van der Waals surface area contributed by atoms with Gasteiger partial charge in [0.05, 0.1) is 6.61 Å². The lowest BCUT2D eigenvalue weighted by Gasteiger charge is -2.41. The first-order valence-electron chi connectivity index (χ1n) is 7.87. The van der Waals surface area contributed by atoms with E-state index < -0.39 is 0 Å². The summed E-state index contributed by atoms with van der Waals surface area (Å²) in [7, 11) is 4.36. The number of aliphatic hydroxyl groups is 1. The molecule has 3 unspecified atom stereocenters. The van der Waals surface area contributed by atoms with Gasteiger partial charge >= 0.3 is 0 Å². The summed E-state index contributed by atoms with van der Waals surface area (Å²) in [6, 6.07) is 1.09. The maximum absolute atomic E-state index is 9.12. The Hall–Kier alpha value is -0.160. The number of hydrogen-bond acceptors (Lipinski definition) is 4. The van der Waals surface area contributed by atoms with Crippen molar-refractivity contribution in [3.05, 3.63) is 0 Å². The fourth-order valence-electron chi connectivity index (χ4n) is 3.45. The van der Waals surface area contributed by atoms with Crippen LogP contribution in [0.4, 0.5) is 0 Å². The molecular formula is C15H30N2O2. The first-order chi connectivity index (χ1) is 9.22. The first-order valence-corrected chi connectivity index (χ1v) is 7.87. The molecule has 0 radical (unpaired) electrons. The van der Waals surface area contributed by atoms with E-state index in [0.717, 1.165) is 19.4 Å². The molecule has 0 aromatic rings. The van der Waals surface area contributed by atoms with Gasteiger partial charge in [0.1, 0.15) is 6.23 Å². The van der Waals surface area contributed by atoms with Gasteiger partial charge in [0.2, 0.25) is 0 Å². The topological polar surface area (TPSA) is 35.9 Å². The average Bonchev–Trinajstić information content (AvgIpc) is 2.42. The van der Waals surface area contributed by atoms with Crippen molar-refractivity contribution < 1.29 is 9.84 Å². The zero-order valence-electron chi connectivity index (χ0n) is 12.6. The maximum Gasteiger partial charge on any atom is 0.110 e. The highest BCUT2D eigenvalue weighted by Gasteiger charge is 2.29. The molecule has 2 fully saturated rings. The highest BCUT2D eigenvalue weighted by Crippen LogP contribution is 2.25. The molecule has 0 spiro atoms. The summed E-state index contributed by atoms with van der Waals surface area (Å²) in [6.07, 6.45) is 8.61. The Labute approximate surface area is 117 Å². The van der Waals surface area contributed by atoms with E-state index >= 15 is 0 Å². The molecule has 0 bridgehead atoms. The molecule has 0 amide bonds. The quantitative estimate of drug-likeness (QED) is 0.824. The lowest BCUT2D eigenvalue weighted by Crippen LogP contribution is -2.48. The predicted molar refractivity (Wildman–Crippen MR) is 77.1 cm³/mol. The summed E-state index contributed by atoms with van der Waals surface area (Å²) in [4.78, 5) is 4.78. The normalized spacial score (nSPS) is 34.6. The predicted octanol–water partition coefficient (Wildman–Crippen LogP) is 1.68. The van der Waals surface area contributed by atoms with Crippen molar-refractivity contribution in [3.8, 4) is 0 Å². The van der Waals surface area contributed by atoms with Gasteiger partial charge in [-0.25, -0.2) is 0 Å². The number of nitrogens with zero attached hydrogens (tertiary/aromatic N) is 2. The van der Waals surface area contributed by atoms with Crippen LogP contribution in [0.1, 0.15) is 44.9 Å². The molecule has 3 atom stereocenters. The third-order valence-corrected chi connectivity index (χ3v) is 4.88. The molecule has 2 rings (SSSR count). The minimum atomic E-state index is 0.251. The Morgan fingerprint density at radius 3 is 2.58 bits per heavy atom. The van der Waals surface area contributed by atoms with Crippen LogP contribution in [0.25, 0.3) is 0 Å². The van der Waals surface area contributed by atoms with Gasteiger partial charge in [-0.15, -0.1) is 0 Å². The number of aliphatic hydroxyl groups excluding tert-OH is 1. The standard InChI is InChI=1S/C15H30N2O2/c1-16-10-4-3-6-14(16)12-19-15-8-5-7-13(9-11-18)17(15)2/h13-15,18H,3-12H2,1-2H3. The molecule has 0 aromatic heterocycles. The Morgan fingerprint density at radius 2 is 1.84 bits per heavy atom. The maximum atomic E-state index is 9.12. The summed E-state index contributed by atoms with van der Waals surface area (Å²) in [5.41, 5.74) is 0. The van der Waals surface area contributed by atoms with Gasteiger partial charge in [0.25, 0.3) is 0 Å². The summed E-state index contributed by atoms with van der Waals surface area (Å²) in [5.74, 6) is 0. The Morgan fingerprint density at radius 1 is 1.05 bits per heavy atom. The van der Waals surface area contributed by atoms with E-state index in [-0.39, 0.29) is 12.8 Å². The van der Waals surface area contributed by atoms with E-state index in [0.29, 0.717) is 12.1 Å². The van der Waals surface area contributed by atoms with Crippen molar-refractivity contribution in [3.63, 3.8) is 0 Å². The number of likely N-dealkylation sites (N-methyl/N-ethyl adjacent to an activating group) is 1. The summed E-state index contributed by atoms with van der Waals surface area (Å²) < 4.78 is 6.18. The van der Waals surface area contributed by atoms with E-state index in [1.807, 2.05) is 0 Å². The number of piperidine rings is 2. The molecular weight excluding hydrogens is 240 g/mol. The van der Waals surface area contributed by atoms with Gasteiger partial charge in [-0.3, -0.25) is 4.90 Å². The number of rotatable bonds is 5. The Kier molecular flexibility index (Phi) is 6.07. The van der Waals surface area contributed by atoms with Crippen LogP contribution in [0.3, 0.4) is 0 Å². The number of hydrogen-bond donors (Lipinski definition) is 1. The van der Waals surface area contributed by atoms with E-state index in [9.17, 15) is 0 Å². The molecule has 2 saturated heterocycles. The molecule has 0 aliphatic carbocycles. The van der Waals surface area contributed by atoms with Gasteiger partial charge < -0.3 is 14.7 Å². The van der Waals surface area contributed by atoms with Gasteiger partial charge in [-0.1, -0.05) is 6.42 Å². The number of likely N-dealkylation sites (tertiary alicyclic amines) is 2. The van der Waals surface area contributed by atoms with Crippen molar-refractivity contribution in [2.45, 2.75) is 63.3 Å². The summed E-state index contributed by atoms with van der Waals surface area (Å²) in [6.45, 7) is 2.35. The zero-order chi connectivity index (χ0) is 13.7. The highest BCUT2D eigenvalue weighted by atomic mass is 16.5. The SMILES string of the molecule is CN1CCCCC1COC1CCCC(CCO)N1C. The van der Waals surface area contributed by atoms with Crippen LogP contribution >= 0.6 is 0 Å². The van der Waals surface area contributed by atoms with Gasteiger partial charge in [-0.2, -0.15) is 0 Å². The van der Waals surface area contributed by atoms with Crippen molar-refractivity contribution >= 4 is 0 Å². The van der Waals surface area contributed by atoms with Crippen molar-refractivity contribution in [1.29, 1.82) is 0 Å². The van der Waals surface area contributed by atoms with Crippen LogP contribution in [0.5, 0.6) is 0 Å². The van der Waals surface area contributed by atoms with Crippen LogP contribution in [0.2, 0.25) is 0 Å². The van der Waals surface area contributed by atoms with Crippen LogP contribution in [0.15, 0.2) is 0 Å². The monoisotopic (exact) mass is 270 g/mol. The van der Waals surface area contributed by atoms with Crippen LogP contribution in [-0.2, 0) is 4.74 Å². The largest absolute Gasteiger partial charge is 0.396 e. The van der Waals surface area contributed by atoms with Crippen LogP contribution in [0, 0.1) is 0 Å². The third-order valence-electron chi connectivity index (χ3n) is 4.88. The van der Waals surface area contributed by atoms with Crippen LogP contribution < -0.4 is 0 Å². The van der Waals surface area contributed by atoms with E-state index in [2.05, 4.69) is 23.9 Å². The van der Waals surface area contributed by atoms with Crippen molar-refractivity contribution in [2.24, 2.45) is 0 Å². The van der Waals surface area contributed by atoms with Crippen molar-refractivity contribution in [2.75, 3.05) is 33.9 Å². The fourth-order valence-corrected chi connectivity index (χ4v) is 3.45. The van der Waals surface area contributed by atoms with Gasteiger partial charge in [0.15, 0.2) is 0 Å². The molecule has 2 aliphatic rings. The van der Waals surface area contributed by atoms with Gasteiger partial charge in [-0.05, 0) is 59.2 Å². The van der Waals surface area contributed by atoms with Crippen molar-refractivity contribution in [1.82, 2.24) is 9.80 Å². The van der Waals surface area contributed by atoms with Gasteiger partial charge in [0, 0.05) is 18.7 Å². The van der Waals surface area contributed by atoms with Crippen LogP contribution in [-0.4, -0.2) is 67.1 Å². The zero-order valence-corrected chi connectivity index (χ0v) is 12.6. The minimum absolute atomic E-state index is 0.251. The second kappa shape index (κ2) is 7.58. The highest BCUT2D eigenvalue weighted by molar-refractivity contribution is 4.79. The molecule has 4 nitrogen and oxygen atoms in total. The van der Waals surface area contributed by atoms with E-state index in [4.69, 9.17) is 9.84 Å². The second-order valence-corrected chi connectivity index (χ2v) is 6.18. The first kappa shape index (κ1) is 15.2. The lowest BCUT2D eigenvalue weighted by molar-refractivity contribution is -0.108. The summed E-state index contributed by atoms with van der Waals surface area (Å²) >= 11 is 0. The minimum Gasteiger partial charge on any atom is -0.396 e. The smallest absolute Gasteiger partial charge is 0.110 e. The lowest BCUT2D eigenvalue weighted by atomic mass is 9.99. The number of ether oxygens (including phenoxy) is 1. The van der Waals surface area contributed by atoms with E-state index in [1.54, 1.807) is 0 Å². The molecule has 1 N–H and O–H groups in total. The molecule has 2 aliphatic heterocycles. The molecule has 0 saturated carbocycles. The molecule has 0 aromatic carbocycles. The summed E-state index contributed by atoms with van der Waals surface area (Å²) in [5, 5.41) is 9.12. The second-order valence-electron chi connectivity index (χ2n) is 6.18. The Balaban J connectivity index is 1.77.